The van der Waals surface area contributed by atoms with Gasteiger partial charge in [0, 0.05) is 57.3 Å². The fourth-order valence-electron chi connectivity index (χ4n) is 7.45. The number of allylic oxidation sites excluding steroid dienone is 4. The second kappa shape index (κ2) is 41.2. The Kier molecular flexibility index (Phi) is 39.6. The third-order valence-electron chi connectivity index (χ3n) is 11.1. The maximum absolute atomic E-state index is 11.0. The summed E-state index contributed by atoms with van der Waals surface area (Å²) in [5.41, 5.74) is 0. The van der Waals surface area contributed by atoms with Crippen LogP contribution in [-0.2, 0) is 0 Å². The monoisotopic (exact) mass is 795 g/mol. The van der Waals surface area contributed by atoms with Crippen LogP contribution in [0.2, 0.25) is 0 Å². The van der Waals surface area contributed by atoms with E-state index >= 15 is 0 Å². The van der Waals surface area contributed by atoms with Gasteiger partial charge in [-0.1, -0.05) is 162 Å². The van der Waals surface area contributed by atoms with Crippen LogP contribution >= 0.6 is 21.6 Å². The minimum Gasteiger partial charge on any atom is -0.392 e. The van der Waals surface area contributed by atoms with Crippen molar-refractivity contribution in [3.8, 4) is 0 Å². The van der Waals surface area contributed by atoms with Crippen LogP contribution in [0.25, 0.3) is 0 Å². The molecule has 1 radical (unpaired) electrons. The number of hydrogen-bond acceptors (Lipinski definition) is 7. The van der Waals surface area contributed by atoms with E-state index in [1.54, 1.807) is 0 Å². The van der Waals surface area contributed by atoms with Gasteiger partial charge in [-0.25, -0.2) is 0 Å². The first-order chi connectivity index (χ1) is 26.6. The second-order valence-corrected chi connectivity index (χ2v) is 19.0. The lowest BCUT2D eigenvalue weighted by Crippen LogP contribution is -2.46. The Morgan fingerprint density at radius 2 is 0.907 bits per heavy atom. The Balaban J connectivity index is 2.25. The molecule has 0 aromatic rings. The summed E-state index contributed by atoms with van der Waals surface area (Å²) in [7, 11) is 4.01. The standard InChI is InChI=1S/C47H92N3O2S2/c1-4-7-9-11-13-15-17-19-21-23-25-27-29-31-34-46(51)44-50(36-33-42-53-54-43-41-49-39-37-48(6-3)38-40-49)45-47(52)35-32-30-28-26-24-22-20-18-16-14-12-10-8-5-2/h19-22,46-47,51-52H,3-18,23-45H2,1-2H3/b21-19-,22-20-. The number of hydrogen-bond donors (Lipinski definition) is 2. The van der Waals surface area contributed by atoms with Gasteiger partial charge in [-0.2, -0.15) is 0 Å². The van der Waals surface area contributed by atoms with Crippen molar-refractivity contribution in [1.29, 1.82) is 0 Å². The third-order valence-corrected chi connectivity index (χ3v) is 13.6. The summed E-state index contributed by atoms with van der Waals surface area (Å²) in [5.74, 6) is 2.31. The Morgan fingerprint density at radius 3 is 1.35 bits per heavy atom. The van der Waals surface area contributed by atoms with Crippen LogP contribution in [0.4, 0.5) is 0 Å². The SMILES string of the molecule is [CH2]CN1CCN(CCSSCCCN(CC(O)CCCCCC/C=C\CCCCCCCC)CC(O)CCCCCC/C=C\CCCCCCCC)CC1. The summed E-state index contributed by atoms with van der Waals surface area (Å²) in [4.78, 5) is 7.40. The molecule has 0 bridgehead atoms. The van der Waals surface area contributed by atoms with Crippen molar-refractivity contribution >= 4 is 21.6 Å². The maximum atomic E-state index is 11.0. The van der Waals surface area contributed by atoms with Crippen LogP contribution in [0.15, 0.2) is 24.3 Å². The molecule has 0 saturated carbocycles. The van der Waals surface area contributed by atoms with Gasteiger partial charge in [0.05, 0.1) is 12.2 Å². The molecular formula is C47H92N3O2S2. The molecule has 54 heavy (non-hydrogen) atoms. The molecule has 0 spiro atoms. The van der Waals surface area contributed by atoms with E-state index in [2.05, 4.69) is 59.8 Å². The summed E-state index contributed by atoms with van der Waals surface area (Å²) >= 11 is 0. The molecule has 5 nitrogen and oxygen atoms in total. The third kappa shape index (κ3) is 35.2. The predicted octanol–water partition coefficient (Wildman–Crippen LogP) is 12.5. The molecule has 0 amide bonds. The Labute approximate surface area is 346 Å². The normalized spacial score (nSPS) is 15.7. The van der Waals surface area contributed by atoms with Crippen molar-refractivity contribution < 1.29 is 10.2 Å². The molecule has 0 aliphatic carbocycles. The number of nitrogens with zero attached hydrogens (tertiary/aromatic N) is 3. The number of aliphatic hydroxyl groups excluding tert-OH is 2. The van der Waals surface area contributed by atoms with Crippen LogP contribution < -0.4 is 0 Å². The molecule has 7 heteroatoms. The van der Waals surface area contributed by atoms with E-state index in [1.165, 1.54) is 167 Å². The molecule has 1 heterocycles. The van der Waals surface area contributed by atoms with Crippen molar-refractivity contribution in [2.75, 3.05) is 70.4 Å². The fourth-order valence-corrected chi connectivity index (χ4v) is 9.55. The lowest BCUT2D eigenvalue weighted by molar-refractivity contribution is 0.0607. The van der Waals surface area contributed by atoms with Gasteiger partial charge in [-0.05, 0) is 90.6 Å². The average Bonchev–Trinajstić information content (AvgIpc) is 3.18. The zero-order valence-electron chi connectivity index (χ0n) is 36.1. The molecule has 0 aromatic heterocycles. The first-order valence-electron chi connectivity index (χ1n) is 23.5. The number of piperazine rings is 1. The second-order valence-electron chi connectivity index (χ2n) is 16.3. The van der Waals surface area contributed by atoms with E-state index in [0.29, 0.717) is 13.1 Å². The Hall–Kier alpha value is -0.0200. The van der Waals surface area contributed by atoms with E-state index in [1.807, 2.05) is 21.6 Å². The van der Waals surface area contributed by atoms with Crippen LogP contribution in [0.1, 0.15) is 187 Å². The average molecular weight is 795 g/mol. The fraction of sp³-hybridized carbons (Fsp3) is 0.894. The van der Waals surface area contributed by atoms with Gasteiger partial charge in [-0.3, -0.25) is 9.80 Å². The predicted molar refractivity (Wildman–Crippen MR) is 246 cm³/mol. The number of unbranched alkanes of at least 4 members (excludes halogenated alkanes) is 20. The minimum absolute atomic E-state index is 0.297. The number of rotatable bonds is 41. The van der Waals surface area contributed by atoms with Crippen molar-refractivity contribution in [3.63, 3.8) is 0 Å². The molecule has 1 fully saturated rings. The highest BCUT2D eigenvalue weighted by Gasteiger charge is 2.17. The van der Waals surface area contributed by atoms with Crippen LogP contribution in [-0.4, -0.2) is 108 Å². The van der Waals surface area contributed by atoms with Gasteiger partial charge < -0.3 is 15.1 Å². The summed E-state index contributed by atoms with van der Waals surface area (Å²) in [6, 6.07) is 0. The quantitative estimate of drug-likeness (QED) is 0.0363. The van der Waals surface area contributed by atoms with E-state index in [0.717, 1.165) is 64.0 Å². The summed E-state index contributed by atoms with van der Waals surface area (Å²) < 4.78 is 0. The molecular weight excluding hydrogens is 703 g/mol. The van der Waals surface area contributed by atoms with Crippen molar-refractivity contribution in [2.24, 2.45) is 0 Å². The van der Waals surface area contributed by atoms with Crippen LogP contribution in [0.5, 0.6) is 0 Å². The van der Waals surface area contributed by atoms with Gasteiger partial charge in [0.1, 0.15) is 0 Å². The van der Waals surface area contributed by atoms with E-state index in [-0.39, 0.29) is 12.2 Å². The van der Waals surface area contributed by atoms with E-state index in [4.69, 9.17) is 0 Å². The first kappa shape index (κ1) is 52.0. The zero-order valence-corrected chi connectivity index (χ0v) is 37.7. The van der Waals surface area contributed by atoms with Crippen LogP contribution in [0.3, 0.4) is 0 Å². The topological polar surface area (TPSA) is 50.2 Å². The van der Waals surface area contributed by atoms with Crippen molar-refractivity contribution in [1.82, 2.24) is 14.7 Å². The smallest absolute Gasteiger partial charge is 0.0667 e. The molecule has 2 N–H and O–H groups in total. The molecule has 2 atom stereocenters. The highest BCUT2D eigenvalue weighted by Crippen LogP contribution is 2.23. The summed E-state index contributed by atoms with van der Waals surface area (Å²) in [6.45, 7) is 17.7. The zero-order chi connectivity index (χ0) is 39.0. The largest absolute Gasteiger partial charge is 0.392 e. The van der Waals surface area contributed by atoms with E-state index < -0.39 is 0 Å². The van der Waals surface area contributed by atoms with Crippen molar-refractivity contribution in [3.05, 3.63) is 31.2 Å². The molecule has 0 aromatic carbocycles. The lowest BCUT2D eigenvalue weighted by atomic mass is 10.1. The molecule has 2 unspecified atom stereocenters. The maximum Gasteiger partial charge on any atom is 0.0667 e. The Bertz CT molecular complexity index is 762. The Morgan fingerprint density at radius 1 is 0.519 bits per heavy atom. The molecule has 1 aliphatic rings. The summed E-state index contributed by atoms with van der Waals surface area (Å²) in [5, 5.41) is 22.0. The van der Waals surface area contributed by atoms with Gasteiger partial charge >= 0.3 is 0 Å². The minimum atomic E-state index is -0.297. The molecule has 319 valence electrons. The van der Waals surface area contributed by atoms with E-state index in [9.17, 15) is 10.2 Å². The van der Waals surface area contributed by atoms with Gasteiger partial charge in [-0.15, -0.1) is 0 Å². The van der Waals surface area contributed by atoms with Gasteiger partial charge in [0.15, 0.2) is 0 Å². The summed E-state index contributed by atoms with van der Waals surface area (Å²) in [6.07, 6.45) is 42.9. The highest BCUT2D eigenvalue weighted by atomic mass is 33.1. The number of aliphatic hydroxyl groups is 2. The molecule has 1 rings (SSSR count). The molecule has 1 aliphatic heterocycles. The van der Waals surface area contributed by atoms with Gasteiger partial charge in [0.2, 0.25) is 0 Å². The highest BCUT2D eigenvalue weighted by molar-refractivity contribution is 8.76. The van der Waals surface area contributed by atoms with Crippen molar-refractivity contribution in [2.45, 2.75) is 199 Å². The molecule has 1 saturated heterocycles. The van der Waals surface area contributed by atoms with Crippen LogP contribution in [0, 0.1) is 6.92 Å². The lowest BCUT2D eigenvalue weighted by Gasteiger charge is -2.33. The first-order valence-corrected chi connectivity index (χ1v) is 25.9. The van der Waals surface area contributed by atoms with Gasteiger partial charge in [0.25, 0.3) is 0 Å².